The van der Waals surface area contributed by atoms with E-state index in [2.05, 4.69) is 36.3 Å². The average molecular weight is 342 g/mol. The number of carbonyl (C=O) groups excluding carboxylic acids is 1. The van der Waals surface area contributed by atoms with Gasteiger partial charge in [-0.15, -0.1) is 0 Å². The van der Waals surface area contributed by atoms with Crippen molar-refractivity contribution in [2.24, 2.45) is 13.0 Å². The van der Waals surface area contributed by atoms with E-state index in [1.807, 2.05) is 0 Å². The maximum Gasteiger partial charge on any atom is 0.320 e. The number of hydrogen-bond donors (Lipinski definition) is 0. The van der Waals surface area contributed by atoms with E-state index in [9.17, 15) is 14.9 Å². The molecule has 1 amide bonds. The normalized spacial score (nSPS) is 15.4. The summed E-state index contributed by atoms with van der Waals surface area (Å²) in [7, 11) is 1.56. The molecule has 0 N–H and O–H groups in total. The zero-order valence-electron chi connectivity index (χ0n) is 14.5. The summed E-state index contributed by atoms with van der Waals surface area (Å²) in [6.45, 7) is 3.32. The van der Waals surface area contributed by atoms with Crippen LogP contribution in [0.1, 0.15) is 34.5 Å². The van der Waals surface area contributed by atoms with Crippen LogP contribution in [0.2, 0.25) is 0 Å². The van der Waals surface area contributed by atoms with Gasteiger partial charge in [0.05, 0.1) is 4.92 Å². The predicted octanol–water partition coefficient (Wildman–Crippen LogP) is 2.73. The van der Waals surface area contributed by atoms with E-state index < -0.39 is 4.92 Å². The van der Waals surface area contributed by atoms with E-state index in [0.29, 0.717) is 19.0 Å². The molecule has 0 spiro atoms. The Morgan fingerprint density at radius 2 is 1.92 bits per heavy atom. The molecule has 1 aromatic heterocycles. The fraction of sp³-hybridized carbons (Fsp3) is 0.444. The van der Waals surface area contributed by atoms with Gasteiger partial charge in [-0.25, -0.2) is 0 Å². The topological polar surface area (TPSA) is 81.3 Å². The van der Waals surface area contributed by atoms with Crippen LogP contribution in [0.5, 0.6) is 0 Å². The minimum Gasteiger partial charge on any atom is -0.337 e. The van der Waals surface area contributed by atoms with Crippen molar-refractivity contribution < 1.29 is 9.72 Å². The minimum atomic E-state index is -0.551. The molecule has 0 bridgehead atoms. The lowest BCUT2D eigenvalue weighted by Gasteiger charge is -2.32. The minimum absolute atomic E-state index is 0.0574. The van der Waals surface area contributed by atoms with Crippen molar-refractivity contribution in [3.8, 4) is 0 Å². The van der Waals surface area contributed by atoms with Crippen molar-refractivity contribution in [3.05, 3.63) is 57.4 Å². The number of aryl methyl sites for hydroxylation is 2. The molecule has 2 heterocycles. The van der Waals surface area contributed by atoms with Crippen molar-refractivity contribution in [2.75, 3.05) is 13.1 Å². The second-order valence-electron chi connectivity index (χ2n) is 6.68. The molecule has 25 heavy (non-hydrogen) atoms. The second-order valence-corrected chi connectivity index (χ2v) is 6.68. The molecule has 7 heteroatoms. The van der Waals surface area contributed by atoms with Gasteiger partial charge in [-0.3, -0.25) is 19.6 Å². The number of carbonyl (C=O) groups is 1. The summed E-state index contributed by atoms with van der Waals surface area (Å²) < 4.78 is 1.29. The first-order valence-corrected chi connectivity index (χ1v) is 8.47. The molecule has 1 aliphatic heterocycles. The van der Waals surface area contributed by atoms with Crippen LogP contribution in [0.25, 0.3) is 0 Å². The lowest BCUT2D eigenvalue weighted by molar-refractivity contribution is -0.385. The van der Waals surface area contributed by atoms with Gasteiger partial charge in [0.15, 0.2) is 0 Å². The SMILES string of the molecule is Cc1ccc(CC2CCN(C(=O)c3c([N+](=O)[O-])cnn3C)CC2)cc1. The number of hydrogen-bond acceptors (Lipinski definition) is 4. The van der Waals surface area contributed by atoms with Crippen LogP contribution in [0.3, 0.4) is 0 Å². The highest BCUT2D eigenvalue weighted by Gasteiger charge is 2.31. The summed E-state index contributed by atoms with van der Waals surface area (Å²) in [6, 6.07) is 8.56. The quantitative estimate of drug-likeness (QED) is 0.632. The Balaban J connectivity index is 1.62. The molecule has 7 nitrogen and oxygen atoms in total. The number of likely N-dealkylation sites (tertiary alicyclic amines) is 1. The number of piperidine rings is 1. The van der Waals surface area contributed by atoms with Gasteiger partial charge in [0, 0.05) is 20.1 Å². The molecule has 0 unspecified atom stereocenters. The van der Waals surface area contributed by atoms with Crippen molar-refractivity contribution in [1.82, 2.24) is 14.7 Å². The number of rotatable bonds is 4. The molecule has 1 saturated heterocycles. The highest BCUT2D eigenvalue weighted by Crippen LogP contribution is 2.25. The summed E-state index contributed by atoms with van der Waals surface area (Å²) in [5, 5.41) is 14.9. The Morgan fingerprint density at radius 1 is 1.28 bits per heavy atom. The third kappa shape index (κ3) is 3.70. The lowest BCUT2D eigenvalue weighted by atomic mass is 9.90. The Bertz CT molecular complexity index is 774. The van der Waals surface area contributed by atoms with Gasteiger partial charge in [-0.05, 0) is 37.7 Å². The molecule has 0 saturated carbocycles. The summed E-state index contributed by atoms with van der Waals surface area (Å²) in [4.78, 5) is 24.9. The standard InChI is InChI=1S/C18H22N4O3/c1-13-3-5-14(6-4-13)11-15-7-9-21(10-8-15)18(23)17-16(22(24)25)12-19-20(17)2/h3-6,12,15H,7-11H2,1-2H3. The lowest BCUT2D eigenvalue weighted by Crippen LogP contribution is -2.39. The van der Waals surface area contributed by atoms with E-state index in [4.69, 9.17) is 0 Å². The third-order valence-corrected chi connectivity index (χ3v) is 4.87. The Morgan fingerprint density at radius 3 is 2.52 bits per heavy atom. The van der Waals surface area contributed by atoms with E-state index >= 15 is 0 Å². The van der Waals surface area contributed by atoms with E-state index in [-0.39, 0.29) is 17.3 Å². The molecule has 3 rings (SSSR count). The molecule has 1 aliphatic rings. The average Bonchev–Trinajstić information content (AvgIpc) is 2.99. The smallest absolute Gasteiger partial charge is 0.320 e. The van der Waals surface area contributed by atoms with Crippen LogP contribution in [-0.4, -0.2) is 38.6 Å². The fourth-order valence-corrected chi connectivity index (χ4v) is 3.35. The van der Waals surface area contributed by atoms with Gasteiger partial charge < -0.3 is 4.90 Å². The molecule has 0 atom stereocenters. The number of amides is 1. The Hall–Kier alpha value is -2.70. The molecular weight excluding hydrogens is 320 g/mol. The van der Waals surface area contributed by atoms with Crippen molar-refractivity contribution in [3.63, 3.8) is 0 Å². The number of aromatic nitrogens is 2. The van der Waals surface area contributed by atoms with E-state index in [1.54, 1.807) is 11.9 Å². The largest absolute Gasteiger partial charge is 0.337 e. The molecular formula is C18H22N4O3. The highest BCUT2D eigenvalue weighted by molar-refractivity contribution is 5.96. The molecule has 0 radical (unpaired) electrons. The number of benzene rings is 1. The molecule has 2 aromatic rings. The highest BCUT2D eigenvalue weighted by atomic mass is 16.6. The maximum absolute atomic E-state index is 12.7. The van der Waals surface area contributed by atoms with Crippen LogP contribution in [0, 0.1) is 23.0 Å². The first-order valence-electron chi connectivity index (χ1n) is 8.47. The third-order valence-electron chi connectivity index (χ3n) is 4.87. The molecule has 132 valence electrons. The van der Waals surface area contributed by atoms with E-state index in [1.165, 1.54) is 15.8 Å². The van der Waals surface area contributed by atoms with Gasteiger partial charge in [-0.2, -0.15) is 5.10 Å². The zero-order chi connectivity index (χ0) is 18.0. The van der Waals surface area contributed by atoms with Gasteiger partial charge in [-0.1, -0.05) is 29.8 Å². The maximum atomic E-state index is 12.7. The van der Waals surface area contributed by atoms with Crippen LogP contribution < -0.4 is 0 Å². The molecule has 1 aromatic carbocycles. The summed E-state index contributed by atoms with van der Waals surface area (Å²) >= 11 is 0. The van der Waals surface area contributed by atoms with Crippen molar-refractivity contribution in [2.45, 2.75) is 26.2 Å². The van der Waals surface area contributed by atoms with Crippen molar-refractivity contribution >= 4 is 11.6 Å². The first-order chi connectivity index (χ1) is 12.0. The van der Waals surface area contributed by atoms with E-state index in [0.717, 1.165) is 25.5 Å². The second kappa shape index (κ2) is 7.04. The number of nitro groups is 1. The van der Waals surface area contributed by atoms with Crippen LogP contribution >= 0.6 is 0 Å². The van der Waals surface area contributed by atoms with Crippen LogP contribution in [0.4, 0.5) is 5.69 Å². The van der Waals surface area contributed by atoms with Crippen LogP contribution in [0.15, 0.2) is 30.5 Å². The summed E-state index contributed by atoms with van der Waals surface area (Å²) in [5.41, 5.74) is 2.40. The fourth-order valence-electron chi connectivity index (χ4n) is 3.35. The summed E-state index contributed by atoms with van der Waals surface area (Å²) in [5.74, 6) is 0.230. The predicted molar refractivity (Wildman–Crippen MR) is 93.4 cm³/mol. The Labute approximate surface area is 146 Å². The Kier molecular flexibility index (Phi) is 4.83. The van der Waals surface area contributed by atoms with Gasteiger partial charge in [0.1, 0.15) is 6.20 Å². The number of nitrogens with zero attached hydrogens (tertiary/aromatic N) is 4. The summed E-state index contributed by atoms with van der Waals surface area (Å²) in [6.07, 6.45) is 3.96. The van der Waals surface area contributed by atoms with Crippen molar-refractivity contribution in [1.29, 1.82) is 0 Å². The zero-order valence-corrected chi connectivity index (χ0v) is 14.5. The van der Waals surface area contributed by atoms with Crippen LogP contribution in [-0.2, 0) is 13.5 Å². The van der Waals surface area contributed by atoms with Gasteiger partial charge in [0.25, 0.3) is 5.91 Å². The van der Waals surface area contributed by atoms with Gasteiger partial charge in [0.2, 0.25) is 5.69 Å². The monoisotopic (exact) mass is 342 g/mol. The van der Waals surface area contributed by atoms with Gasteiger partial charge >= 0.3 is 5.69 Å². The molecule has 1 fully saturated rings. The molecule has 0 aliphatic carbocycles. The first kappa shape index (κ1) is 17.1.